The molecule has 2 heterocycles. The number of esters is 1. The topological polar surface area (TPSA) is 88.6 Å². The van der Waals surface area contributed by atoms with Crippen LogP contribution in [0.4, 0.5) is 10.5 Å². The fraction of sp³-hybridized carbons (Fsp3) is 0.323. The van der Waals surface area contributed by atoms with Crippen molar-refractivity contribution in [1.29, 1.82) is 0 Å². The van der Waals surface area contributed by atoms with Gasteiger partial charge < -0.3 is 24.0 Å². The van der Waals surface area contributed by atoms with E-state index < -0.39 is 5.97 Å². The average Bonchev–Trinajstić information content (AvgIpc) is 3.75. The molecule has 2 aliphatic heterocycles. The summed E-state index contributed by atoms with van der Waals surface area (Å²) in [5, 5.41) is 0. The summed E-state index contributed by atoms with van der Waals surface area (Å²) in [4.78, 5) is 43.9. The number of nitrogens with zero attached hydrogens (tertiary/aromatic N) is 3. The molecule has 0 bridgehead atoms. The molecule has 206 valence electrons. The number of carbonyl (C=O) groups is 3. The van der Waals surface area contributed by atoms with Crippen molar-refractivity contribution >= 4 is 23.6 Å². The van der Waals surface area contributed by atoms with Crippen LogP contribution >= 0.6 is 0 Å². The van der Waals surface area contributed by atoms with Crippen LogP contribution in [0.15, 0.2) is 66.7 Å². The Morgan fingerprint density at radius 1 is 0.850 bits per heavy atom. The molecule has 0 unspecified atom stereocenters. The highest BCUT2D eigenvalue weighted by Crippen LogP contribution is 2.37. The summed E-state index contributed by atoms with van der Waals surface area (Å²) in [6.45, 7) is 2.56. The number of anilines is 1. The number of carbonyl (C=O) groups excluding carboxylic acids is 3. The molecule has 9 nitrogen and oxygen atoms in total. The van der Waals surface area contributed by atoms with Crippen LogP contribution in [-0.2, 0) is 16.1 Å². The number of methoxy groups -OCH3 is 1. The van der Waals surface area contributed by atoms with E-state index in [1.807, 2.05) is 64.4 Å². The number of ether oxygens (including phenoxy) is 3. The van der Waals surface area contributed by atoms with Crippen molar-refractivity contribution < 1.29 is 28.6 Å². The maximum Gasteiger partial charge on any atom is 0.337 e. The maximum atomic E-state index is 14.0. The van der Waals surface area contributed by atoms with Crippen LogP contribution in [0.3, 0.4) is 0 Å². The average molecular weight is 542 g/mol. The fourth-order valence-corrected chi connectivity index (χ4v) is 5.12. The molecule has 0 atom stereocenters. The molecular formula is C31H31N3O6. The van der Waals surface area contributed by atoms with Crippen molar-refractivity contribution in [3.8, 4) is 22.6 Å². The third kappa shape index (κ3) is 5.32. The molecule has 2 fully saturated rings. The Kier molecular flexibility index (Phi) is 7.02. The summed E-state index contributed by atoms with van der Waals surface area (Å²) in [6.07, 6.45) is 1.94. The van der Waals surface area contributed by atoms with Gasteiger partial charge in [-0.15, -0.1) is 0 Å². The highest BCUT2D eigenvalue weighted by Gasteiger charge is 2.36. The Bertz CT molecular complexity index is 1430. The SMILES string of the molecule is COC(=O)c1ccc(CN(C(=O)N2CCN(C(=O)C3CC3)CC2)c2cccc(-c3ccc4c(c3)OCO4)c2)cc1. The van der Waals surface area contributed by atoms with Crippen LogP contribution in [0.5, 0.6) is 11.5 Å². The minimum absolute atomic E-state index is 0.126. The van der Waals surface area contributed by atoms with Crippen LogP contribution in [0, 0.1) is 5.92 Å². The van der Waals surface area contributed by atoms with Crippen LogP contribution in [0.25, 0.3) is 11.1 Å². The third-order valence-corrected chi connectivity index (χ3v) is 7.60. The largest absolute Gasteiger partial charge is 0.465 e. The van der Waals surface area contributed by atoms with Gasteiger partial charge in [-0.2, -0.15) is 0 Å². The van der Waals surface area contributed by atoms with Gasteiger partial charge >= 0.3 is 12.0 Å². The zero-order valence-electron chi connectivity index (χ0n) is 22.4. The smallest absolute Gasteiger partial charge is 0.337 e. The number of piperazine rings is 1. The van der Waals surface area contributed by atoms with E-state index in [0.29, 0.717) is 49.8 Å². The van der Waals surface area contributed by atoms with Gasteiger partial charge in [-0.1, -0.05) is 30.3 Å². The summed E-state index contributed by atoms with van der Waals surface area (Å²) >= 11 is 0. The van der Waals surface area contributed by atoms with E-state index in [1.54, 1.807) is 17.0 Å². The van der Waals surface area contributed by atoms with Crippen LogP contribution in [0.1, 0.15) is 28.8 Å². The predicted octanol–water partition coefficient (Wildman–Crippen LogP) is 4.55. The second-order valence-corrected chi connectivity index (χ2v) is 10.3. The Hall–Kier alpha value is -4.53. The van der Waals surface area contributed by atoms with E-state index in [2.05, 4.69) is 0 Å². The highest BCUT2D eigenvalue weighted by molar-refractivity contribution is 5.93. The summed E-state index contributed by atoms with van der Waals surface area (Å²) in [5.41, 5.74) is 3.96. The van der Waals surface area contributed by atoms with E-state index in [4.69, 9.17) is 14.2 Å². The standard InChI is InChI=1S/C31H31N3O6/c1-38-30(36)23-7-5-21(6-8-23)19-34(31(37)33-15-13-32(14-16-33)29(35)22-9-10-22)26-4-2-3-24(17-26)25-11-12-27-28(18-25)40-20-39-27/h2-8,11-12,17-18,22H,9-10,13-16,19-20H2,1H3. The Morgan fingerprint density at radius 3 is 2.27 bits per heavy atom. The first-order valence-electron chi connectivity index (χ1n) is 13.5. The molecule has 3 aliphatic rings. The van der Waals surface area contributed by atoms with E-state index >= 15 is 0 Å². The minimum atomic E-state index is -0.408. The van der Waals surface area contributed by atoms with Gasteiger partial charge in [0, 0.05) is 37.8 Å². The molecule has 3 aromatic rings. The van der Waals surface area contributed by atoms with Crippen LogP contribution in [-0.4, -0.2) is 67.8 Å². The first-order valence-corrected chi connectivity index (χ1v) is 13.5. The molecule has 3 amide bonds. The van der Waals surface area contributed by atoms with Gasteiger partial charge in [0.1, 0.15) is 0 Å². The second kappa shape index (κ2) is 10.9. The normalized spacial score (nSPS) is 16.0. The number of hydrogen-bond donors (Lipinski definition) is 0. The van der Waals surface area contributed by atoms with Gasteiger partial charge in [0.2, 0.25) is 12.7 Å². The molecule has 1 saturated carbocycles. The quantitative estimate of drug-likeness (QED) is 0.426. The number of fused-ring (bicyclic) bond motifs is 1. The maximum absolute atomic E-state index is 14.0. The van der Waals surface area contributed by atoms with Gasteiger partial charge in [0.15, 0.2) is 11.5 Å². The molecule has 40 heavy (non-hydrogen) atoms. The summed E-state index contributed by atoms with van der Waals surface area (Å²) in [5.74, 6) is 1.39. The Labute approximate surface area is 232 Å². The van der Waals surface area contributed by atoms with Crippen molar-refractivity contribution in [1.82, 2.24) is 9.80 Å². The van der Waals surface area contributed by atoms with Crippen molar-refractivity contribution in [2.24, 2.45) is 5.92 Å². The molecule has 9 heteroatoms. The number of amides is 3. The van der Waals surface area contributed by atoms with E-state index in [-0.39, 0.29) is 24.6 Å². The highest BCUT2D eigenvalue weighted by atomic mass is 16.7. The lowest BCUT2D eigenvalue weighted by Crippen LogP contribution is -2.54. The van der Waals surface area contributed by atoms with Crippen LogP contribution in [0.2, 0.25) is 0 Å². The lowest BCUT2D eigenvalue weighted by atomic mass is 10.0. The second-order valence-electron chi connectivity index (χ2n) is 10.3. The molecule has 0 N–H and O–H groups in total. The molecule has 0 radical (unpaired) electrons. The Balaban J connectivity index is 1.26. The number of urea groups is 1. The van der Waals surface area contributed by atoms with Gasteiger partial charge in [-0.05, 0) is 65.9 Å². The zero-order valence-corrected chi connectivity index (χ0v) is 22.4. The van der Waals surface area contributed by atoms with Crippen molar-refractivity contribution in [2.75, 3.05) is 45.0 Å². The lowest BCUT2D eigenvalue weighted by molar-refractivity contribution is -0.133. The van der Waals surface area contributed by atoms with Gasteiger partial charge in [-0.3, -0.25) is 9.69 Å². The van der Waals surface area contributed by atoms with Gasteiger partial charge in [0.25, 0.3) is 0 Å². The predicted molar refractivity (Wildman–Crippen MR) is 148 cm³/mol. The number of rotatable bonds is 6. The van der Waals surface area contributed by atoms with Crippen LogP contribution < -0.4 is 14.4 Å². The summed E-state index contributed by atoms with van der Waals surface area (Å²) < 4.78 is 15.8. The van der Waals surface area contributed by atoms with Crippen molar-refractivity contribution in [3.63, 3.8) is 0 Å². The van der Waals surface area contributed by atoms with E-state index in [0.717, 1.165) is 35.2 Å². The molecule has 6 rings (SSSR count). The Morgan fingerprint density at radius 2 is 1.55 bits per heavy atom. The zero-order chi connectivity index (χ0) is 27.6. The first kappa shape index (κ1) is 25.7. The number of benzene rings is 3. The van der Waals surface area contributed by atoms with Gasteiger partial charge in [-0.25, -0.2) is 9.59 Å². The minimum Gasteiger partial charge on any atom is -0.465 e. The molecule has 3 aromatic carbocycles. The third-order valence-electron chi connectivity index (χ3n) is 7.60. The van der Waals surface area contributed by atoms with Crippen molar-refractivity contribution in [2.45, 2.75) is 19.4 Å². The van der Waals surface area contributed by atoms with Crippen molar-refractivity contribution in [3.05, 3.63) is 77.9 Å². The molecule has 0 spiro atoms. The summed E-state index contributed by atoms with van der Waals surface area (Å²) in [7, 11) is 1.35. The monoisotopic (exact) mass is 541 g/mol. The molecule has 0 aromatic heterocycles. The van der Waals surface area contributed by atoms with E-state index in [1.165, 1.54) is 7.11 Å². The van der Waals surface area contributed by atoms with Gasteiger partial charge in [0.05, 0.1) is 19.2 Å². The number of hydrogen-bond acceptors (Lipinski definition) is 6. The molecule has 1 saturated heterocycles. The fourth-order valence-electron chi connectivity index (χ4n) is 5.12. The summed E-state index contributed by atoms with van der Waals surface area (Å²) in [6, 6.07) is 20.6. The lowest BCUT2D eigenvalue weighted by Gasteiger charge is -2.38. The molecule has 1 aliphatic carbocycles. The first-order chi connectivity index (χ1) is 19.5. The van der Waals surface area contributed by atoms with E-state index in [9.17, 15) is 14.4 Å². The molecular weight excluding hydrogens is 510 g/mol.